The molecule has 1 aromatic heterocycles. The molecule has 0 saturated heterocycles. The van der Waals surface area contributed by atoms with E-state index < -0.39 is 5.54 Å². The first kappa shape index (κ1) is 13.8. The average Bonchev–Trinajstić information content (AvgIpc) is 3.19. The Labute approximate surface area is 121 Å². The summed E-state index contributed by atoms with van der Waals surface area (Å²) in [5.74, 6) is -0.315. The second-order valence-corrected chi connectivity index (χ2v) is 6.89. The monoisotopic (exact) mass is 297 g/mol. The largest absolute Gasteiger partial charge is 0.468 e. The third-order valence-electron chi connectivity index (χ3n) is 3.96. The van der Waals surface area contributed by atoms with Crippen LogP contribution < -0.4 is 5.73 Å². The first-order valence-corrected chi connectivity index (χ1v) is 7.82. The summed E-state index contributed by atoms with van der Waals surface area (Å²) in [7, 11) is 1.39. The van der Waals surface area contributed by atoms with Gasteiger partial charge in [0.05, 0.1) is 13.2 Å². The summed E-state index contributed by atoms with van der Waals surface area (Å²) in [6.07, 6.45) is 5.54. The number of methoxy groups -OCH3 is 1. The predicted molar refractivity (Wildman–Crippen MR) is 73.1 cm³/mol. The van der Waals surface area contributed by atoms with Gasteiger partial charge in [-0.1, -0.05) is 11.8 Å². The molecule has 2 atom stereocenters. The van der Waals surface area contributed by atoms with Gasteiger partial charge in [0.25, 0.3) is 0 Å². The van der Waals surface area contributed by atoms with Crippen LogP contribution in [-0.4, -0.2) is 44.1 Å². The molecule has 0 amide bonds. The number of rotatable bonds is 4. The molecule has 2 saturated carbocycles. The smallest absolute Gasteiger partial charge is 0.325 e. The topological polar surface area (TPSA) is 95.9 Å². The molecule has 2 N–H and O–H groups in total. The number of thioether (sulfide) groups is 1. The second kappa shape index (κ2) is 5.33. The molecule has 2 aliphatic carbocycles. The van der Waals surface area contributed by atoms with Gasteiger partial charge < -0.3 is 10.5 Å². The van der Waals surface area contributed by atoms with Crippen molar-refractivity contribution in [1.29, 1.82) is 0 Å². The van der Waals surface area contributed by atoms with Crippen LogP contribution in [0.3, 0.4) is 0 Å². The van der Waals surface area contributed by atoms with Gasteiger partial charge in [0.15, 0.2) is 0 Å². The maximum absolute atomic E-state index is 11.8. The van der Waals surface area contributed by atoms with Gasteiger partial charge >= 0.3 is 5.97 Å². The van der Waals surface area contributed by atoms with Crippen molar-refractivity contribution in [2.75, 3.05) is 7.11 Å². The predicted octanol–water partition coefficient (Wildman–Crippen LogP) is 0.913. The minimum Gasteiger partial charge on any atom is -0.468 e. The van der Waals surface area contributed by atoms with Gasteiger partial charge in [-0.05, 0) is 49.0 Å². The van der Waals surface area contributed by atoms with Crippen LogP contribution in [0.25, 0.3) is 0 Å². The first-order valence-electron chi connectivity index (χ1n) is 6.94. The molecule has 2 unspecified atom stereocenters. The molecule has 0 spiro atoms. The van der Waals surface area contributed by atoms with Crippen molar-refractivity contribution in [3.8, 4) is 0 Å². The highest BCUT2D eigenvalue weighted by Gasteiger charge is 2.41. The maximum Gasteiger partial charge on any atom is 0.325 e. The lowest BCUT2D eigenvalue weighted by molar-refractivity contribution is -0.148. The molecule has 1 aromatic rings. The lowest BCUT2D eigenvalue weighted by Gasteiger charge is -2.34. The van der Waals surface area contributed by atoms with Crippen LogP contribution in [0.2, 0.25) is 0 Å². The Morgan fingerprint density at radius 2 is 2.30 bits per heavy atom. The van der Waals surface area contributed by atoms with E-state index in [1.54, 1.807) is 11.8 Å². The van der Waals surface area contributed by atoms with E-state index in [1.165, 1.54) is 7.11 Å². The summed E-state index contributed by atoms with van der Waals surface area (Å²) in [4.78, 5) is 11.8. The number of esters is 1. The van der Waals surface area contributed by atoms with Crippen molar-refractivity contribution in [2.24, 2.45) is 5.73 Å². The van der Waals surface area contributed by atoms with E-state index in [9.17, 15) is 4.79 Å². The Morgan fingerprint density at radius 3 is 3.00 bits per heavy atom. The molecule has 20 heavy (non-hydrogen) atoms. The molecule has 8 heteroatoms. The molecule has 7 nitrogen and oxygen atoms in total. The standard InChI is InChI=1S/C12H19N5O2S/c1-19-10(18)12(13)6-2-3-9(7-12)20-11-14-15-16-17(11)8-4-5-8/h8-9H,2-7,13H2,1H3. The van der Waals surface area contributed by atoms with Gasteiger partial charge in [-0.2, -0.15) is 0 Å². The number of carbonyl (C=O) groups is 1. The zero-order chi connectivity index (χ0) is 14.2. The Bertz CT molecular complexity index is 504. The van der Waals surface area contributed by atoms with Crippen LogP contribution in [0.15, 0.2) is 5.16 Å². The number of hydrogen-bond acceptors (Lipinski definition) is 7. The van der Waals surface area contributed by atoms with Gasteiger partial charge in [-0.25, -0.2) is 4.68 Å². The number of carbonyl (C=O) groups excluding carboxylic acids is 1. The molecule has 2 aliphatic rings. The first-order chi connectivity index (χ1) is 9.62. The Kier molecular flexibility index (Phi) is 3.68. The Morgan fingerprint density at radius 1 is 1.50 bits per heavy atom. The summed E-state index contributed by atoms with van der Waals surface area (Å²) in [6, 6.07) is 0.458. The Hall–Kier alpha value is -1.15. The van der Waals surface area contributed by atoms with E-state index in [4.69, 9.17) is 10.5 Å². The van der Waals surface area contributed by atoms with Crippen LogP contribution in [0, 0.1) is 0 Å². The zero-order valence-electron chi connectivity index (χ0n) is 11.5. The molecule has 110 valence electrons. The van der Waals surface area contributed by atoms with Crippen molar-refractivity contribution in [1.82, 2.24) is 20.2 Å². The molecule has 1 heterocycles. The third-order valence-corrected chi connectivity index (χ3v) is 5.18. The lowest BCUT2D eigenvalue weighted by atomic mass is 9.82. The summed E-state index contributed by atoms with van der Waals surface area (Å²) >= 11 is 1.64. The minimum atomic E-state index is -0.859. The quantitative estimate of drug-likeness (QED) is 0.825. The number of ether oxygens (including phenoxy) is 1. The zero-order valence-corrected chi connectivity index (χ0v) is 12.3. The van der Waals surface area contributed by atoms with E-state index in [-0.39, 0.29) is 11.2 Å². The fraction of sp³-hybridized carbons (Fsp3) is 0.833. The minimum absolute atomic E-state index is 0.261. The van der Waals surface area contributed by atoms with Gasteiger partial charge in [0, 0.05) is 5.25 Å². The Balaban J connectivity index is 1.68. The summed E-state index contributed by atoms with van der Waals surface area (Å²) < 4.78 is 6.73. The van der Waals surface area contributed by atoms with Crippen molar-refractivity contribution in [3.05, 3.63) is 0 Å². The van der Waals surface area contributed by atoms with E-state index in [2.05, 4.69) is 15.5 Å². The summed E-state index contributed by atoms with van der Waals surface area (Å²) in [5.41, 5.74) is 5.34. The second-order valence-electron chi connectivity index (χ2n) is 5.62. The highest BCUT2D eigenvalue weighted by molar-refractivity contribution is 7.99. The fourth-order valence-electron chi connectivity index (χ4n) is 2.71. The van der Waals surface area contributed by atoms with Crippen LogP contribution in [-0.2, 0) is 9.53 Å². The highest BCUT2D eigenvalue weighted by Crippen LogP contribution is 2.40. The van der Waals surface area contributed by atoms with E-state index in [1.807, 2.05) is 4.68 Å². The molecule has 0 radical (unpaired) electrons. The number of nitrogens with zero attached hydrogens (tertiary/aromatic N) is 4. The fourth-order valence-corrected chi connectivity index (χ4v) is 4.05. The van der Waals surface area contributed by atoms with E-state index >= 15 is 0 Å². The molecule has 0 aromatic carbocycles. The van der Waals surface area contributed by atoms with Crippen molar-refractivity contribution >= 4 is 17.7 Å². The van der Waals surface area contributed by atoms with E-state index in [0.717, 1.165) is 30.8 Å². The molecular weight excluding hydrogens is 278 g/mol. The normalized spacial score (nSPS) is 30.2. The summed E-state index contributed by atoms with van der Waals surface area (Å²) in [5, 5.41) is 13.0. The van der Waals surface area contributed by atoms with Crippen molar-refractivity contribution < 1.29 is 9.53 Å². The molecule has 0 bridgehead atoms. The highest BCUT2D eigenvalue weighted by atomic mass is 32.2. The number of hydrogen-bond donors (Lipinski definition) is 1. The maximum atomic E-state index is 11.8. The van der Waals surface area contributed by atoms with Gasteiger partial charge in [-0.15, -0.1) is 5.10 Å². The molecule has 0 aliphatic heterocycles. The van der Waals surface area contributed by atoms with Crippen LogP contribution in [0.5, 0.6) is 0 Å². The molecule has 2 fully saturated rings. The van der Waals surface area contributed by atoms with Gasteiger partial charge in [0.1, 0.15) is 5.54 Å². The van der Waals surface area contributed by atoms with Crippen LogP contribution in [0.4, 0.5) is 0 Å². The van der Waals surface area contributed by atoms with E-state index in [0.29, 0.717) is 18.9 Å². The van der Waals surface area contributed by atoms with Gasteiger partial charge in [-0.3, -0.25) is 4.79 Å². The number of tetrazole rings is 1. The molecule has 3 rings (SSSR count). The average molecular weight is 297 g/mol. The van der Waals surface area contributed by atoms with Crippen molar-refractivity contribution in [2.45, 2.75) is 60.5 Å². The number of aromatic nitrogens is 4. The lowest BCUT2D eigenvalue weighted by Crippen LogP contribution is -2.52. The summed E-state index contributed by atoms with van der Waals surface area (Å²) in [6.45, 7) is 0. The van der Waals surface area contributed by atoms with Crippen LogP contribution in [0.1, 0.15) is 44.6 Å². The third kappa shape index (κ3) is 2.67. The van der Waals surface area contributed by atoms with Crippen LogP contribution >= 0.6 is 11.8 Å². The van der Waals surface area contributed by atoms with Gasteiger partial charge in [0.2, 0.25) is 5.16 Å². The molecular formula is C12H19N5O2S. The number of nitrogens with two attached hydrogens (primary N) is 1. The van der Waals surface area contributed by atoms with Crippen molar-refractivity contribution in [3.63, 3.8) is 0 Å². The SMILES string of the molecule is COC(=O)C1(N)CCCC(Sc2nnnn2C2CC2)C1.